The van der Waals surface area contributed by atoms with Gasteiger partial charge in [0.1, 0.15) is 16.3 Å². The predicted octanol–water partition coefficient (Wildman–Crippen LogP) is 6.68. The molecular weight excluding hydrogens is 518 g/mol. The molecule has 0 aliphatic rings. The van der Waals surface area contributed by atoms with E-state index in [4.69, 9.17) is 16.3 Å². The number of carbonyl (C=O) groups excluding carboxylic acids is 1. The zero-order valence-electron chi connectivity index (χ0n) is 19.8. The molecule has 0 saturated heterocycles. The molecule has 0 fully saturated rings. The normalized spacial score (nSPS) is 11.7. The van der Waals surface area contributed by atoms with E-state index in [1.54, 1.807) is 55.5 Å². The summed E-state index contributed by atoms with van der Waals surface area (Å²) in [5, 5.41) is 23.2. The molecule has 4 aromatic carbocycles. The Morgan fingerprint density at radius 3 is 2.41 bits per heavy atom. The number of azo groups is 1. The number of fused-ring (bicyclic) bond motifs is 1. The largest absolute Gasteiger partial charge is 0.505 e. The molecule has 190 valence electrons. The number of methoxy groups -OCH3 is 1. The molecule has 0 aliphatic carbocycles. The van der Waals surface area contributed by atoms with Gasteiger partial charge in [-0.2, -0.15) is 13.5 Å². The monoisotopic (exact) mass is 539 g/mol. The molecule has 0 saturated carbocycles. The Morgan fingerprint density at radius 2 is 1.76 bits per heavy atom. The standard InChI is InChI=1S/C26H22ClN3O6S/c1-3-19-22(27)13-17(14-23(19)37(33,34)35)29-30-24-20-7-5-4-6-15(20)12-21(25(24)31)26(32)28-16-8-10-18(36-2)11-9-16/h4-14,31H,3H2,1-2H3,(H,28,32)(H,33,34,35). The second-order valence-electron chi connectivity index (χ2n) is 7.96. The number of anilines is 1. The first-order valence-corrected chi connectivity index (χ1v) is 12.9. The first-order chi connectivity index (χ1) is 17.6. The molecule has 0 unspecified atom stereocenters. The van der Waals surface area contributed by atoms with Gasteiger partial charge >= 0.3 is 0 Å². The van der Waals surface area contributed by atoms with Crippen LogP contribution in [0.1, 0.15) is 22.8 Å². The summed E-state index contributed by atoms with van der Waals surface area (Å²) in [7, 11) is -3.03. The Balaban J connectivity index is 1.78. The number of phenolic OH excluding ortho intramolecular Hbond substituents is 1. The van der Waals surface area contributed by atoms with E-state index < -0.39 is 21.8 Å². The van der Waals surface area contributed by atoms with Crippen molar-refractivity contribution >= 4 is 55.5 Å². The highest BCUT2D eigenvalue weighted by Gasteiger charge is 2.20. The van der Waals surface area contributed by atoms with Crippen LogP contribution in [0.2, 0.25) is 5.02 Å². The molecule has 0 spiro atoms. The number of rotatable bonds is 7. The van der Waals surface area contributed by atoms with E-state index in [2.05, 4.69) is 15.5 Å². The Morgan fingerprint density at radius 1 is 1.05 bits per heavy atom. The molecule has 1 amide bonds. The summed E-state index contributed by atoms with van der Waals surface area (Å²) in [6, 6.07) is 17.7. The summed E-state index contributed by atoms with van der Waals surface area (Å²) in [6.07, 6.45) is 0.266. The van der Waals surface area contributed by atoms with Crippen molar-refractivity contribution in [2.75, 3.05) is 12.4 Å². The number of nitrogens with one attached hydrogen (secondary N) is 1. The number of benzene rings is 4. The molecule has 0 aromatic heterocycles. The topological polar surface area (TPSA) is 138 Å². The van der Waals surface area contributed by atoms with E-state index >= 15 is 0 Å². The average molecular weight is 540 g/mol. The molecule has 0 atom stereocenters. The van der Waals surface area contributed by atoms with Crippen molar-refractivity contribution in [2.24, 2.45) is 10.2 Å². The molecule has 4 aromatic rings. The molecule has 0 heterocycles. The van der Waals surface area contributed by atoms with Gasteiger partial charge in [0.15, 0.2) is 5.75 Å². The van der Waals surface area contributed by atoms with E-state index in [1.165, 1.54) is 19.2 Å². The molecule has 11 heteroatoms. The van der Waals surface area contributed by atoms with Crippen LogP contribution in [0.4, 0.5) is 17.1 Å². The summed E-state index contributed by atoms with van der Waals surface area (Å²) in [4.78, 5) is 12.7. The van der Waals surface area contributed by atoms with Crippen LogP contribution >= 0.6 is 11.6 Å². The number of halogens is 1. The molecule has 0 radical (unpaired) electrons. The fourth-order valence-electron chi connectivity index (χ4n) is 3.80. The first-order valence-electron chi connectivity index (χ1n) is 11.0. The van der Waals surface area contributed by atoms with Gasteiger partial charge in [0.05, 0.1) is 18.4 Å². The number of hydrogen-bond acceptors (Lipinski definition) is 7. The molecule has 37 heavy (non-hydrogen) atoms. The third-order valence-corrected chi connectivity index (χ3v) is 6.88. The van der Waals surface area contributed by atoms with Crippen molar-refractivity contribution in [3.8, 4) is 11.5 Å². The zero-order chi connectivity index (χ0) is 26.7. The molecule has 0 aliphatic heterocycles. The maximum absolute atomic E-state index is 13.0. The predicted molar refractivity (Wildman–Crippen MR) is 141 cm³/mol. The minimum Gasteiger partial charge on any atom is -0.505 e. The lowest BCUT2D eigenvalue weighted by atomic mass is 10.0. The highest BCUT2D eigenvalue weighted by Crippen LogP contribution is 2.40. The molecule has 9 nitrogen and oxygen atoms in total. The van der Waals surface area contributed by atoms with E-state index in [0.29, 0.717) is 22.2 Å². The van der Waals surface area contributed by atoms with Gasteiger partial charge < -0.3 is 15.2 Å². The minimum atomic E-state index is -4.56. The van der Waals surface area contributed by atoms with Gasteiger partial charge in [-0.15, -0.1) is 5.11 Å². The second kappa shape index (κ2) is 10.6. The van der Waals surface area contributed by atoms with Crippen LogP contribution in [0.5, 0.6) is 11.5 Å². The van der Waals surface area contributed by atoms with Crippen molar-refractivity contribution in [3.63, 3.8) is 0 Å². The lowest BCUT2D eigenvalue weighted by molar-refractivity contribution is 0.102. The number of hydrogen-bond donors (Lipinski definition) is 3. The third-order valence-electron chi connectivity index (χ3n) is 5.62. The number of nitrogens with zero attached hydrogens (tertiary/aromatic N) is 2. The van der Waals surface area contributed by atoms with Crippen LogP contribution in [0.25, 0.3) is 10.8 Å². The fraction of sp³-hybridized carbons (Fsp3) is 0.115. The SMILES string of the molecule is CCc1c(Cl)cc(N=Nc2c(O)c(C(=O)Nc3ccc(OC)cc3)cc3ccccc23)cc1S(=O)(=O)O. The lowest BCUT2D eigenvalue weighted by Gasteiger charge is -2.12. The quantitative estimate of drug-likeness (QED) is 0.177. The van der Waals surface area contributed by atoms with Crippen molar-refractivity contribution < 1.29 is 27.6 Å². The maximum atomic E-state index is 13.0. The van der Waals surface area contributed by atoms with E-state index in [-0.39, 0.29) is 38.8 Å². The smallest absolute Gasteiger partial charge is 0.294 e. The van der Waals surface area contributed by atoms with Crippen molar-refractivity contribution in [2.45, 2.75) is 18.2 Å². The lowest BCUT2D eigenvalue weighted by Crippen LogP contribution is -2.12. The van der Waals surface area contributed by atoms with Crippen LogP contribution in [-0.4, -0.2) is 31.1 Å². The molecule has 0 bridgehead atoms. The molecular formula is C26H22ClN3O6S. The second-order valence-corrected chi connectivity index (χ2v) is 9.76. The summed E-state index contributed by atoms with van der Waals surface area (Å²) in [5.41, 5.74) is 0.730. The maximum Gasteiger partial charge on any atom is 0.294 e. The summed E-state index contributed by atoms with van der Waals surface area (Å²) in [5.74, 6) is -0.368. The van der Waals surface area contributed by atoms with Crippen molar-refractivity contribution in [1.29, 1.82) is 0 Å². The van der Waals surface area contributed by atoms with Crippen LogP contribution in [0.3, 0.4) is 0 Å². The number of amides is 1. The van der Waals surface area contributed by atoms with Gasteiger partial charge in [-0.1, -0.05) is 42.8 Å². The first kappa shape index (κ1) is 26.1. The zero-order valence-corrected chi connectivity index (χ0v) is 21.3. The summed E-state index contributed by atoms with van der Waals surface area (Å²) < 4.78 is 38.5. The van der Waals surface area contributed by atoms with Crippen LogP contribution in [0, 0.1) is 0 Å². The van der Waals surface area contributed by atoms with Crippen LogP contribution in [0.15, 0.2) is 81.9 Å². The van der Waals surface area contributed by atoms with Gasteiger partial charge in [-0.3, -0.25) is 9.35 Å². The minimum absolute atomic E-state index is 0.00192. The van der Waals surface area contributed by atoms with Crippen LogP contribution < -0.4 is 10.1 Å². The highest BCUT2D eigenvalue weighted by atomic mass is 35.5. The van der Waals surface area contributed by atoms with Crippen molar-refractivity contribution in [1.82, 2.24) is 0 Å². The van der Waals surface area contributed by atoms with E-state index in [1.807, 2.05) is 0 Å². The fourth-order valence-corrected chi connectivity index (χ4v) is 5.04. The Labute approximate surface area is 218 Å². The van der Waals surface area contributed by atoms with Gasteiger partial charge in [-0.25, -0.2) is 0 Å². The van der Waals surface area contributed by atoms with Gasteiger partial charge in [0, 0.05) is 16.1 Å². The average Bonchev–Trinajstić information content (AvgIpc) is 2.87. The Kier molecular flexibility index (Phi) is 7.44. The molecule has 3 N–H and O–H groups in total. The number of aromatic hydroxyl groups is 1. The summed E-state index contributed by atoms with van der Waals surface area (Å²) in [6.45, 7) is 1.70. The number of ether oxygens (including phenoxy) is 1. The number of phenols is 1. The number of carbonyl (C=O) groups is 1. The van der Waals surface area contributed by atoms with E-state index in [0.717, 1.165) is 6.07 Å². The van der Waals surface area contributed by atoms with Gasteiger partial charge in [0.2, 0.25) is 0 Å². The third kappa shape index (κ3) is 5.56. The van der Waals surface area contributed by atoms with Crippen molar-refractivity contribution in [3.05, 3.63) is 82.9 Å². The van der Waals surface area contributed by atoms with Gasteiger partial charge in [0.25, 0.3) is 16.0 Å². The molecule has 4 rings (SSSR count). The van der Waals surface area contributed by atoms with Gasteiger partial charge in [-0.05, 0) is 59.8 Å². The Hall–Kier alpha value is -3.99. The summed E-state index contributed by atoms with van der Waals surface area (Å²) >= 11 is 6.22. The Bertz CT molecular complexity index is 1640. The van der Waals surface area contributed by atoms with Crippen LogP contribution in [-0.2, 0) is 16.5 Å². The van der Waals surface area contributed by atoms with E-state index in [9.17, 15) is 22.9 Å². The highest BCUT2D eigenvalue weighted by molar-refractivity contribution is 7.85.